The molecular weight excluding hydrogens is 395 g/mol. The molecule has 0 N–H and O–H groups in total. The number of nitrogens with zero attached hydrogens (tertiary/aromatic N) is 2. The van der Waals surface area contributed by atoms with E-state index in [1.54, 1.807) is 18.2 Å². The van der Waals surface area contributed by atoms with Gasteiger partial charge in [0.05, 0.1) is 13.2 Å². The largest absolute Gasteiger partial charge is 0.475 e. The molecule has 0 aliphatic carbocycles. The average Bonchev–Trinajstić information content (AvgIpc) is 2.78. The van der Waals surface area contributed by atoms with Gasteiger partial charge in [-0.2, -0.15) is 0 Å². The van der Waals surface area contributed by atoms with Crippen molar-refractivity contribution in [2.24, 2.45) is 0 Å². The summed E-state index contributed by atoms with van der Waals surface area (Å²) in [4.78, 5) is 17.3. The second kappa shape index (κ2) is 9.79. The van der Waals surface area contributed by atoms with Crippen LogP contribution in [0.15, 0.2) is 42.5 Å². The molecule has 2 unspecified atom stereocenters. The molecule has 0 aromatic heterocycles. The highest BCUT2D eigenvalue weighted by Crippen LogP contribution is 2.39. The number of likely N-dealkylation sites (tertiary alicyclic amines) is 1. The number of carbonyl (C=O) groups is 1. The molecule has 6 heteroatoms. The average molecular weight is 427 g/mol. The Morgan fingerprint density at radius 1 is 1.03 bits per heavy atom. The SMILES string of the molecule is Cc1ccc(C2C(Oc3ccccc3F)C(=O)N2CCCCN2CCOCC2)cc1C. The number of rotatable bonds is 8. The molecule has 0 radical (unpaired) electrons. The van der Waals surface area contributed by atoms with Crippen LogP contribution in [-0.4, -0.2) is 61.2 Å². The maximum absolute atomic E-state index is 14.1. The molecule has 31 heavy (non-hydrogen) atoms. The Morgan fingerprint density at radius 2 is 1.77 bits per heavy atom. The minimum Gasteiger partial charge on any atom is -0.475 e. The fourth-order valence-electron chi connectivity index (χ4n) is 4.30. The molecule has 4 rings (SSSR count). The number of β-lactam (4-membered cyclic amide) rings is 1. The van der Waals surface area contributed by atoms with Crippen LogP contribution in [0.1, 0.15) is 35.6 Å². The Hall–Kier alpha value is -2.44. The summed E-state index contributed by atoms with van der Waals surface area (Å²) in [6, 6.07) is 12.3. The van der Waals surface area contributed by atoms with Crippen molar-refractivity contribution in [1.82, 2.24) is 9.80 Å². The van der Waals surface area contributed by atoms with Gasteiger partial charge in [-0.05, 0) is 62.1 Å². The smallest absolute Gasteiger partial charge is 0.266 e. The first-order valence-electron chi connectivity index (χ1n) is 11.1. The molecule has 2 aromatic carbocycles. The Labute approximate surface area is 183 Å². The van der Waals surface area contributed by atoms with Crippen molar-refractivity contribution in [1.29, 1.82) is 0 Å². The van der Waals surface area contributed by atoms with Gasteiger partial charge >= 0.3 is 0 Å². The molecule has 2 aliphatic heterocycles. The Balaban J connectivity index is 1.44. The van der Waals surface area contributed by atoms with Gasteiger partial charge in [-0.15, -0.1) is 0 Å². The zero-order valence-electron chi connectivity index (χ0n) is 18.4. The zero-order chi connectivity index (χ0) is 21.8. The number of aryl methyl sites for hydroxylation is 2. The third-order valence-electron chi connectivity index (χ3n) is 6.34. The van der Waals surface area contributed by atoms with Crippen LogP contribution in [0.3, 0.4) is 0 Å². The molecule has 2 heterocycles. The molecule has 2 fully saturated rings. The quantitative estimate of drug-likeness (QED) is 0.475. The molecular formula is C25H31FN2O3. The minimum atomic E-state index is -0.696. The number of morpholine rings is 1. The van der Waals surface area contributed by atoms with E-state index in [2.05, 4.69) is 36.9 Å². The van der Waals surface area contributed by atoms with Gasteiger partial charge in [-0.25, -0.2) is 4.39 Å². The summed E-state index contributed by atoms with van der Waals surface area (Å²) < 4.78 is 25.4. The number of benzene rings is 2. The highest BCUT2D eigenvalue weighted by molar-refractivity contribution is 5.89. The Morgan fingerprint density at radius 3 is 2.52 bits per heavy atom. The van der Waals surface area contributed by atoms with Gasteiger partial charge in [0, 0.05) is 19.6 Å². The number of hydrogen-bond acceptors (Lipinski definition) is 4. The van der Waals surface area contributed by atoms with Gasteiger partial charge in [0.2, 0.25) is 6.10 Å². The second-order valence-electron chi connectivity index (χ2n) is 8.45. The summed E-state index contributed by atoms with van der Waals surface area (Å²) in [5, 5.41) is 0. The van der Waals surface area contributed by atoms with Crippen LogP contribution in [0.4, 0.5) is 4.39 Å². The molecule has 5 nitrogen and oxygen atoms in total. The van der Waals surface area contributed by atoms with E-state index in [1.165, 1.54) is 17.2 Å². The standard InChI is InChI=1S/C25H31FN2O3/c1-18-9-10-20(17-19(18)2)23-24(31-22-8-4-3-7-21(22)26)25(29)28(23)12-6-5-11-27-13-15-30-16-14-27/h3-4,7-10,17,23-24H,5-6,11-16H2,1-2H3. The number of para-hydroxylation sites is 1. The summed E-state index contributed by atoms with van der Waals surface area (Å²) in [7, 11) is 0. The van der Waals surface area contributed by atoms with E-state index in [4.69, 9.17) is 9.47 Å². The van der Waals surface area contributed by atoms with Crippen molar-refractivity contribution in [3.8, 4) is 5.75 Å². The normalized spacial score (nSPS) is 21.8. The van der Waals surface area contributed by atoms with Gasteiger partial charge in [-0.1, -0.05) is 30.3 Å². The highest BCUT2D eigenvalue weighted by atomic mass is 19.1. The number of halogens is 1. The third-order valence-corrected chi connectivity index (χ3v) is 6.34. The summed E-state index contributed by atoms with van der Waals surface area (Å²) in [6.45, 7) is 9.40. The first kappa shape index (κ1) is 21.8. The maximum Gasteiger partial charge on any atom is 0.266 e. The van der Waals surface area contributed by atoms with E-state index in [9.17, 15) is 9.18 Å². The van der Waals surface area contributed by atoms with Crippen molar-refractivity contribution in [3.05, 3.63) is 65.0 Å². The summed E-state index contributed by atoms with van der Waals surface area (Å²) in [6.07, 6.45) is 1.26. The van der Waals surface area contributed by atoms with Crippen LogP contribution in [-0.2, 0) is 9.53 Å². The highest BCUT2D eigenvalue weighted by Gasteiger charge is 2.50. The molecule has 0 spiro atoms. The predicted octanol–water partition coefficient (Wildman–Crippen LogP) is 3.89. The minimum absolute atomic E-state index is 0.0714. The molecule has 0 saturated carbocycles. The van der Waals surface area contributed by atoms with Crippen molar-refractivity contribution in [2.45, 2.75) is 38.8 Å². The lowest BCUT2D eigenvalue weighted by Crippen LogP contribution is -2.61. The summed E-state index contributed by atoms with van der Waals surface area (Å²) in [5.41, 5.74) is 3.42. The van der Waals surface area contributed by atoms with Gasteiger partial charge in [0.25, 0.3) is 5.91 Å². The fourth-order valence-corrected chi connectivity index (χ4v) is 4.30. The van der Waals surface area contributed by atoms with Gasteiger partial charge in [0.15, 0.2) is 11.6 Å². The van der Waals surface area contributed by atoms with Crippen LogP contribution < -0.4 is 4.74 Å². The molecule has 2 aromatic rings. The second-order valence-corrected chi connectivity index (χ2v) is 8.45. The number of ether oxygens (including phenoxy) is 2. The lowest BCUT2D eigenvalue weighted by Gasteiger charge is -2.47. The number of unbranched alkanes of at least 4 members (excludes halogenated alkanes) is 1. The molecule has 2 aliphatic rings. The van der Waals surface area contributed by atoms with Gasteiger partial charge < -0.3 is 14.4 Å². The van der Waals surface area contributed by atoms with E-state index < -0.39 is 11.9 Å². The van der Waals surface area contributed by atoms with Gasteiger partial charge in [0.1, 0.15) is 6.04 Å². The van der Waals surface area contributed by atoms with Crippen molar-refractivity contribution in [2.75, 3.05) is 39.4 Å². The fraction of sp³-hybridized carbons (Fsp3) is 0.480. The lowest BCUT2D eigenvalue weighted by atomic mass is 9.88. The number of carbonyl (C=O) groups excluding carboxylic acids is 1. The molecule has 1 amide bonds. The van der Waals surface area contributed by atoms with E-state index in [0.717, 1.165) is 51.3 Å². The van der Waals surface area contributed by atoms with Crippen molar-refractivity contribution in [3.63, 3.8) is 0 Å². The van der Waals surface area contributed by atoms with Crippen LogP contribution in [0, 0.1) is 19.7 Å². The third kappa shape index (κ3) is 4.91. The molecule has 0 bridgehead atoms. The molecule has 2 atom stereocenters. The van der Waals surface area contributed by atoms with Crippen LogP contribution in [0.25, 0.3) is 0 Å². The lowest BCUT2D eigenvalue weighted by molar-refractivity contribution is -0.164. The predicted molar refractivity (Wildman–Crippen MR) is 118 cm³/mol. The molecule has 166 valence electrons. The summed E-state index contributed by atoms with van der Waals surface area (Å²) >= 11 is 0. The van der Waals surface area contributed by atoms with E-state index >= 15 is 0 Å². The van der Waals surface area contributed by atoms with Crippen LogP contribution >= 0.6 is 0 Å². The number of amides is 1. The van der Waals surface area contributed by atoms with E-state index in [1.807, 2.05) is 4.90 Å². The Kier molecular flexibility index (Phi) is 6.88. The van der Waals surface area contributed by atoms with Crippen molar-refractivity contribution < 1.29 is 18.7 Å². The first-order valence-corrected chi connectivity index (χ1v) is 11.1. The monoisotopic (exact) mass is 426 g/mol. The topological polar surface area (TPSA) is 42.0 Å². The zero-order valence-corrected chi connectivity index (χ0v) is 18.4. The van der Waals surface area contributed by atoms with E-state index in [-0.39, 0.29) is 17.7 Å². The maximum atomic E-state index is 14.1. The Bertz CT molecular complexity index is 913. The van der Waals surface area contributed by atoms with Crippen molar-refractivity contribution >= 4 is 5.91 Å². The van der Waals surface area contributed by atoms with E-state index in [0.29, 0.717) is 6.54 Å². The van der Waals surface area contributed by atoms with Crippen LogP contribution in [0.2, 0.25) is 0 Å². The van der Waals surface area contributed by atoms with Crippen LogP contribution in [0.5, 0.6) is 5.75 Å². The molecule has 2 saturated heterocycles. The number of hydrogen-bond donors (Lipinski definition) is 0. The van der Waals surface area contributed by atoms with Gasteiger partial charge in [-0.3, -0.25) is 9.69 Å². The summed E-state index contributed by atoms with van der Waals surface area (Å²) in [5.74, 6) is -0.391. The first-order chi connectivity index (χ1) is 15.0.